The fraction of sp³-hybridized carbons (Fsp3) is 0.0833. The highest BCUT2D eigenvalue weighted by atomic mass is 79.9. The fourth-order valence-corrected chi connectivity index (χ4v) is 1.74. The molecule has 0 atom stereocenters. The Morgan fingerprint density at radius 3 is 2.75 bits per heavy atom. The number of para-hydroxylation sites is 1. The van der Waals surface area contributed by atoms with Gasteiger partial charge in [0.1, 0.15) is 11.8 Å². The van der Waals surface area contributed by atoms with E-state index in [1.54, 1.807) is 12.1 Å². The van der Waals surface area contributed by atoms with E-state index in [9.17, 15) is 0 Å². The average Bonchev–Trinajstić information content (AvgIpc) is 2.76. The smallest absolute Gasteiger partial charge is 0.203 e. The maximum Gasteiger partial charge on any atom is 0.203 e. The maximum absolute atomic E-state index is 8.61. The molecule has 0 aliphatic rings. The number of furan rings is 1. The number of halogens is 1. The first-order valence-corrected chi connectivity index (χ1v) is 5.56. The van der Waals surface area contributed by atoms with Crippen LogP contribution in [-0.4, -0.2) is 0 Å². The Balaban J connectivity index is 2.03. The van der Waals surface area contributed by atoms with Crippen molar-refractivity contribution in [3.8, 4) is 6.07 Å². The number of nitrogens with zero attached hydrogens (tertiary/aromatic N) is 1. The summed E-state index contributed by atoms with van der Waals surface area (Å²) in [6, 6.07) is 13.3. The number of rotatable bonds is 3. The number of anilines is 1. The van der Waals surface area contributed by atoms with Crippen LogP contribution in [0.4, 0.5) is 5.69 Å². The summed E-state index contributed by atoms with van der Waals surface area (Å²) in [6.45, 7) is 0.560. The van der Waals surface area contributed by atoms with Gasteiger partial charge in [0.15, 0.2) is 0 Å². The first-order valence-electron chi connectivity index (χ1n) is 4.77. The second-order valence-corrected chi connectivity index (χ2v) is 4.07. The lowest BCUT2D eigenvalue weighted by molar-refractivity contribution is 0.506. The van der Waals surface area contributed by atoms with Crippen molar-refractivity contribution in [3.63, 3.8) is 0 Å². The summed E-state index contributed by atoms with van der Waals surface area (Å²) in [4.78, 5) is 0. The molecule has 0 bridgehead atoms. The number of nitrogens with one attached hydrogen (secondary N) is 1. The van der Waals surface area contributed by atoms with Crippen molar-refractivity contribution >= 4 is 21.6 Å². The Labute approximate surface area is 102 Å². The highest BCUT2D eigenvalue weighted by molar-refractivity contribution is 9.10. The summed E-state index contributed by atoms with van der Waals surface area (Å²) in [6.07, 6.45) is 0. The molecule has 0 spiro atoms. The largest absolute Gasteiger partial charge is 0.449 e. The van der Waals surface area contributed by atoms with Crippen molar-refractivity contribution in [2.24, 2.45) is 0 Å². The summed E-state index contributed by atoms with van der Waals surface area (Å²) < 4.78 is 6.26. The lowest BCUT2D eigenvalue weighted by Crippen LogP contribution is -1.98. The molecule has 1 N–H and O–H groups in total. The summed E-state index contributed by atoms with van der Waals surface area (Å²) in [5, 5.41) is 11.8. The van der Waals surface area contributed by atoms with E-state index in [2.05, 4.69) is 21.2 Å². The first kappa shape index (κ1) is 10.8. The Morgan fingerprint density at radius 2 is 2.06 bits per heavy atom. The van der Waals surface area contributed by atoms with Crippen LogP contribution in [0.5, 0.6) is 0 Å². The topological polar surface area (TPSA) is 49.0 Å². The summed E-state index contributed by atoms with van der Waals surface area (Å²) in [7, 11) is 0. The standard InChI is InChI=1S/C12H9BrN2O/c13-11-3-1-2-4-12(11)15-8-10-6-5-9(7-14)16-10/h1-6,15H,8H2. The third kappa shape index (κ3) is 2.44. The van der Waals surface area contributed by atoms with E-state index < -0.39 is 0 Å². The van der Waals surface area contributed by atoms with Gasteiger partial charge in [0.25, 0.3) is 0 Å². The van der Waals surface area contributed by atoms with Gasteiger partial charge >= 0.3 is 0 Å². The van der Waals surface area contributed by atoms with Gasteiger partial charge in [-0.1, -0.05) is 12.1 Å². The summed E-state index contributed by atoms with van der Waals surface area (Å²) in [5.41, 5.74) is 0.998. The van der Waals surface area contributed by atoms with Crippen molar-refractivity contribution in [1.82, 2.24) is 0 Å². The maximum atomic E-state index is 8.61. The second kappa shape index (κ2) is 4.86. The number of nitriles is 1. The normalized spacial score (nSPS) is 9.75. The molecule has 0 saturated heterocycles. The van der Waals surface area contributed by atoms with E-state index in [1.807, 2.05) is 30.3 Å². The minimum atomic E-state index is 0.337. The zero-order valence-corrected chi connectivity index (χ0v) is 9.99. The lowest BCUT2D eigenvalue weighted by Gasteiger charge is -2.05. The van der Waals surface area contributed by atoms with E-state index in [0.29, 0.717) is 12.3 Å². The molecule has 0 aliphatic carbocycles. The molecule has 0 amide bonds. The van der Waals surface area contributed by atoms with Crippen molar-refractivity contribution < 1.29 is 4.42 Å². The quantitative estimate of drug-likeness (QED) is 0.933. The molecule has 0 fully saturated rings. The number of benzene rings is 1. The molecule has 0 unspecified atom stereocenters. The monoisotopic (exact) mass is 276 g/mol. The number of hydrogen-bond acceptors (Lipinski definition) is 3. The third-order valence-corrected chi connectivity index (χ3v) is 2.79. The first-order chi connectivity index (χ1) is 7.79. The van der Waals surface area contributed by atoms with Crippen LogP contribution < -0.4 is 5.32 Å². The predicted octanol–water partition coefficient (Wildman–Crippen LogP) is 3.53. The fourth-order valence-electron chi connectivity index (χ4n) is 1.32. The van der Waals surface area contributed by atoms with E-state index in [0.717, 1.165) is 15.9 Å². The van der Waals surface area contributed by atoms with Crippen LogP contribution in [0.1, 0.15) is 11.5 Å². The van der Waals surface area contributed by atoms with E-state index in [-0.39, 0.29) is 0 Å². The van der Waals surface area contributed by atoms with Crippen molar-refractivity contribution in [1.29, 1.82) is 5.26 Å². The molecule has 1 heterocycles. The number of hydrogen-bond donors (Lipinski definition) is 1. The van der Waals surface area contributed by atoms with Crippen LogP contribution in [0.3, 0.4) is 0 Å². The Hall–Kier alpha value is -1.73. The van der Waals surface area contributed by atoms with Crippen LogP contribution >= 0.6 is 15.9 Å². The van der Waals surface area contributed by atoms with Gasteiger partial charge in [-0.2, -0.15) is 5.26 Å². The van der Waals surface area contributed by atoms with Crippen LogP contribution in [0.2, 0.25) is 0 Å². The SMILES string of the molecule is N#Cc1ccc(CNc2ccccc2Br)o1. The highest BCUT2D eigenvalue weighted by Crippen LogP contribution is 2.22. The van der Waals surface area contributed by atoms with Gasteiger partial charge in [0.05, 0.1) is 6.54 Å². The molecule has 2 aromatic rings. The Morgan fingerprint density at radius 1 is 1.25 bits per heavy atom. The molecule has 1 aromatic heterocycles. The molecule has 4 heteroatoms. The zero-order valence-electron chi connectivity index (χ0n) is 8.40. The zero-order chi connectivity index (χ0) is 11.4. The minimum Gasteiger partial charge on any atom is -0.449 e. The molecule has 1 aromatic carbocycles. The second-order valence-electron chi connectivity index (χ2n) is 3.21. The molecule has 0 radical (unpaired) electrons. The van der Waals surface area contributed by atoms with E-state index >= 15 is 0 Å². The van der Waals surface area contributed by atoms with Gasteiger partial charge in [-0.05, 0) is 40.2 Å². The summed E-state index contributed by atoms with van der Waals surface area (Å²) in [5.74, 6) is 1.08. The van der Waals surface area contributed by atoms with Gasteiger partial charge in [-0.25, -0.2) is 0 Å². The van der Waals surface area contributed by atoms with Crippen LogP contribution in [-0.2, 0) is 6.54 Å². The Bertz CT molecular complexity index is 528. The van der Waals surface area contributed by atoms with Crippen molar-refractivity contribution in [3.05, 3.63) is 52.4 Å². The van der Waals surface area contributed by atoms with E-state index in [4.69, 9.17) is 9.68 Å². The van der Waals surface area contributed by atoms with Crippen molar-refractivity contribution in [2.45, 2.75) is 6.54 Å². The van der Waals surface area contributed by atoms with Gasteiger partial charge in [-0.3, -0.25) is 0 Å². The third-order valence-electron chi connectivity index (χ3n) is 2.10. The van der Waals surface area contributed by atoms with Crippen LogP contribution in [0, 0.1) is 11.3 Å². The molecule has 0 aliphatic heterocycles. The van der Waals surface area contributed by atoms with Crippen LogP contribution in [0.15, 0.2) is 45.3 Å². The average molecular weight is 277 g/mol. The van der Waals surface area contributed by atoms with E-state index in [1.165, 1.54) is 0 Å². The molecule has 16 heavy (non-hydrogen) atoms. The van der Waals surface area contributed by atoms with Gasteiger partial charge in [0.2, 0.25) is 5.76 Å². The molecule has 80 valence electrons. The Kier molecular flexibility index (Phi) is 3.28. The van der Waals surface area contributed by atoms with Gasteiger partial charge < -0.3 is 9.73 Å². The highest BCUT2D eigenvalue weighted by Gasteiger charge is 2.02. The van der Waals surface area contributed by atoms with Crippen LogP contribution in [0.25, 0.3) is 0 Å². The lowest BCUT2D eigenvalue weighted by atomic mass is 10.3. The minimum absolute atomic E-state index is 0.337. The van der Waals surface area contributed by atoms with Gasteiger partial charge in [-0.15, -0.1) is 0 Å². The molecular weight excluding hydrogens is 268 g/mol. The predicted molar refractivity (Wildman–Crippen MR) is 64.9 cm³/mol. The molecule has 2 rings (SSSR count). The summed E-state index contributed by atoms with van der Waals surface area (Å²) >= 11 is 3.44. The molecule has 3 nitrogen and oxygen atoms in total. The molecular formula is C12H9BrN2O. The van der Waals surface area contributed by atoms with Gasteiger partial charge in [0, 0.05) is 10.2 Å². The van der Waals surface area contributed by atoms with Crippen molar-refractivity contribution in [2.75, 3.05) is 5.32 Å². The molecule has 0 saturated carbocycles.